The second-order valence-corrected chi connectivity index (χ2v) is 5.50. The smallest absolute Gasteiger partial charge is 0.126 e. The predicted molar refractivity (Wildman–Crippen MR) is 81.1 cm³/mol. The van der Waals surface area contributed by atoms with Gasteiger partial charge in [0, 0.05) is 24.8 Å². The largest absolute Gasteiger partial charge is 0.371 e. The molecule has 0 saturated heterocycles. The summed E-state index contributed by atoms with van der Waals surface area (Å²) < 4.78 is 13.7. The number of nitrogens with zero attached hydrogens (tertiary/aromatic N) is 1. The van der Waals surface area contributed by atoms with E-state index in [-0.39, 0.29) is 11.9 Å². The Balaban J connectivity index is 3.17. The number of anilines is 1. The summed E-state index contributed by atoms with van der Waals surface area (Å²) in [5, 5.41) is 0. The van der Waals surface area contributed by atoms with Gasteiger partial charge in [0.1, 0.15) is 5.82 Å². The molecule has 1 unspecified atom stereocenters. The standard InChI is InChI=1S/C16H27FN2/c1-6-11(3)10-19(7-2)16-8-12(4)15(17)9-14(16)13(5)18/h8-9,11,13H,6-7,10,18H2,1-5H3/t11?,13-/m1/s1. The molecule has 2 atom stereocenters. The fourth-order valence-electron chi connectivity index (χ4n) is 2.22. The number of hydrogen-bond acceptors (Lipinski definition) is 2. The van der Waals surface area contributed by atoms with E-state index in [1.54, 1.807) is 13.0 Å². The van der Waals surface area contributed by atoms with Crippen LogP contribution in [0.15, 0.2) is 12.1 Å². The van der Waals surface area contributed by atoms with Crippen molar-refractivity contribution in [3.05, 3.63) is 29.1 Å². The molecule has 1 aromatic rings. The van der Waals surface area contributed by atoms with Gasteiger partial charge < -0.3 is 10.6 Å². The Bertz CT molecular complexity index is 415. The van der Waals surface area contributed by atoms with Crippen LogP contribution < -0.4 is 10.6 Å². The molecule has 1 aromatic carbocycles. The minimum absolute atomic E-state index is 0.156. The van der Waals surface area contributed by atoms with Crippen molar-refractivity contribution < 1.29 is 4.39 Å². The van der Waals surface area contributed by atoms with Crippen molar-refractivity contribution in [2.24, 2.45) is 11.7 Å². The Kier molecular flexibility index (Phi) is 5.80. The lowest BCUT2D eigenvalue weighted by molar-refractivity contribution is 0.545. The summed E-state index contributed by atoms with van der Waals surface area (Å²) in [4.78, 5) is 2.30. The third kappa shape index (κ3) is 3.93. The first-order valence-corrected chi connectivity index (χ1v) is 7.21. The maximum absolute atomic E-state index is 13.7. The molecule has 0 aromatic heterocycles. The number of rotatable bonds is 6. The normalized spacial score (nSPS) is 14.3. The lowest BCUT2D eigenvalue weighted by Gasteiger charge is -2.30. The number of hydrogen-bond donors (Lipinski definition) is 1. The molecule has 0 radical (unpaired) electrons. The Morgan fingerprint density at radius 3 is 2.37 bits per heavy atom. The van der Waals surface area contributed by atoms with Crippen LogP contribution in [0.5, 0.6) is 0 Å². The van der Waals surface area contributed by atoms with Crippen molar-refractivity contribution in [1.82, 2.24) is 0 Å². The van der Waals surface area contributed by atoms with Crippen LogP contribution in [0.3, 0.4) is 0 Å². The van der Waals surface area contributed by atoms with Crippen molar-refractivity contribution in [1.29, 1.82) is 0 Å². The highest BCUT2D eigenvalue weighted by Gasteiger charge is 2.16. The SMILES string of the molecule is CCC(C)CN(CC)c1cc(C)c(F)cc1[C@@H](C)N. The Morgan fingerprint density at radius 1 is 1.26 bits per heavy atom. The highest BCUT2D eigenvalue weighted by atomic mass is 19.1. The summed E-state index contributed by atoms with van der Waals surface area (Å²) in [5.41, 5.74) is 8.66. The van der Waals surface area contributed by atoms with Crippen LogP contribution in [0.1, 0.15) is 51.3 Å². The van der Waals surface area contributed by atoms with Gasteiger partial charge in [0.2, 0.25) is 0 Å². The van der Waals surface area contributed by atoms with E-state index in [0.29, 0.717) is 11.5 Å². The third-order valence-corrected chi connectivity index (χ3v) is 3.75. The number of benzene rings is 1. The van der Waals surface area contributed by atoms with Crippen molar-refractivity contribution in [3.63, 3.8) is 0 Å². The maximum atomic E-state index is 13.7. The van der Waals surface area contributed by atoms with Gasteiger partial charge >= 0.3 is 0 Å². The second-order valence-electron chi connectivity index (χ2n) is 5.50. The van der Waals surface area contributed by atoms with Crippen molar-refractivity contribution in [3.8, 4) is 0 Å². The molecule has 1 rings (SSSR count). The predicted octanol–water partition coefficient (Wildman–Crippen LogP) is 4.03. The molecule has 0 saturated carbocycles. The van der Waals surface area contributed by atoms with Gasteiger partial charge in [-0.05, 0) is 49.9 Å². The fraction of sp³-hybridized carbons (Fsp3) is 0.625. The van der Waals surface area contributed by atoms with E-state index < -0.39 is 0 Å². The molecule has 19 heavy (non-hydrogen) atoms. The molecule has 0 bridgehead atoms. The van der Waals surface area contributed by atoms with Gasteiger partial charge in [0.25, 0.3) is 0 Å². The molecular formula is C16H27FN2. The van der Waals surface area contributed by atoms with Crippen LogP contribution in [0, 0.1) is 18.7 Å². The summed E-state index contributed by atoms with van der Waals surface area (Å²) in [6.45, 7) is 12.2. The first kappa shape index (κ1) is 16.0. The average Bonchev–Trinajstić information content (AvgIpc) is 2.38. The molecule has 0 fully saturated rings. The van der Waals surface area contributed by atoms with Crippen LogP contribution in [0.4, 0.5) is 10.1 Å². The van der Waals surface area contributed by atoms with E-state index in [0.717, 1.165) is 30.8 Å². The zero-order valence-electron chi connectivity index (χ0n) is 12.8. The number of aryl methyl sites for hydroxylation is 1. The highest BCUT2D eigenvalue weighted by molar-refractivity contribution is 5.57. The molecule has 108 valence electrons. The first-order chi connectivity index (χ1) is 8.90. The van der Waals surface area contributed by atoms with E-state index in [1.807, 2.05) is 13.0 Å². The van der Waals surface area contributed by atoms with Crippen LogP contribution in [-0.4, -0.2) is 13.1 Å². The molecule has 2 nitrogen and oxygen atoms in total. The molecule has 0 heterocycles. The second kappa shape index (κ2) is 6.90. The van der Waals surface area contributed by atoms with Gasteiger partial charge in [-0.1, -0.05) is 20.3 Å². The van der Waals surface area contributed by atoms with Gasteiger partial charge in [0.15, 0.2) is 0 Å². The van der Waals surface area contributed by atoms with E-state index in [2.05, 4.69) is 25.7 Å². The summed E-state index contributed by atoms with van der Waals surface area (Å²) in [6, 6.07) is 3.37. The van der Waals surface area contributed by atoms with E-state index in [4.69, 9.17) is 5.73 Å². The van der Waals surface area contributed by atoms with Gasteiger partial charge in [0.05, 0.1) is 0 Å². The first-order valence-electron chi connectivity index (χ1n) is 7.21. The Morgan fingerprint density at radius 2 is 1.89 bits per heavy atom. The van der Waals surface area contributed by atoms with Gasteiger partial charge in [-0.25, -0.2) is 4.39 Å². The lowest BCUT2D eigenvalue weighted by atomic mass is 10.0. The van der Waals surface area contributed by atoms with Gasteiger partial charge in [-0.15, -0.1) is 0 Å². The van der Waals surface area contributed by atoms with E-state index in [1.165, 1.54) is 0 Å². The Hall–Kier alpha value is -1.09. The molecule has 0 amide bonds. The van der Waals surface area contributed by atoms with Crippen LogP contribution in [-0.2, 0) is 0 Å². The minimum Gasteiger partial charge on any atom is -0.371 e. The summed E-state index contributed by atoms with van der Waals surface area (Å²) in [7, 11) is 0. The molecule has 2 N–H and O–H groups in total. The number of halogens is 1. The molecule has 0 aliphatic heterocycles. The molecule has 3 heteroatoms. The summed E-state index contributed by atoms with van der Waals surface area (Å²) in [5.74, 6) is 0.446. The number of nitrogens with two attached hydrogens (primary N) is 1. The Labute approximate surface area is 116 Å². The van der Waals surface area contributed by atoms with Crippen molar-refractivity contribution in [2.45, 2.75) is 47.1 Å². The van der Waals surface area contributed by atoms with E-state index in [9.17, 15) is 4.39 Å². The third-order valence-electron chi connectivity index (χ3n) is 3.75. The van der Waals surface area contributed by atoms with Crippen LogP contribution >= 0.6 is 0 Å². The molecular weight excluding hydrogens is 239 g/mol. The fourth-order valence-corrected chi connectivity index (χ4v) is 2.22. The minimum atomic E-state index is -0.171. The zero-order valence-corrected chi connectivity index (χ0v) is 12.8. The summed E-state index contributed by atoms with van der Waals surface area (Å²) in [6.07, 6.45) is 1.14. The average molecular weight is 266 g/mol. The lowest BCUT2D eigenvalue weighted by Crippen LogP contribution is -2.30. The quantitative estimate of drug-likeness (QED) is 0.842. The van der Waals surface area contributed by atoms with Crippen molar-refractivity contribution in [2.75, 3.05) is 18.0 Å². The molecule has 0 aliphatic rings. The van der Waals surface area contributed by atoms with Crippen LogP contribution in [0.2, 0.25) is 0 Å². The van der Waals surface area contributed by atoms with Gasteiger partial charge in [-0.2, -0.15) is 0 Å². The molecule has 0 aliphatic carbocycles. The van der Waals surface area contributed by atoms with Gasteiger partial charge in [-0.3, -0.25) is 0 Å². The van der Waals surface area contributed by atoms with E-state index >= 15 is 0 Å². The highest BCUT2D eigenvalue weighted by Crippen LogP contribution is 2.29. The maximum Gasteiger partial charge on any atom is 0.126 e. The van der Waals surface area contributed by atoms with Crippen molar-refractivity contribution >= 4 is 5.69 Å². The van der Waals surface area contributed by atoms with Crippen LogP contribution in [0.25, 0.3) is 0 Å². The monoisotopic (exact) mass is 266 g/mol. The molecule has 0 spiro atoms. The summed E-state index contributed by atoms with van der Waals surface area (Å²) >= 11 is 0. The zero-order chi connectivity index (χ0) is 14.6. The topological polar surface area (TPSA) is 29.3 Å².